The number of urea groups is 1. The highest BCUT2D eigenvalue weighted by atomic mass is 32.2. The van der Waals surface area contributed by atoms with Gasteiger partial charge in [-0.15, -0.1) is 0 Å². The molecule has 0 radical (unpaired) electrons. The lowest BCUT2D eigenvalue weighted by Gasteiger charge is -2.30. The fourth-order valence-electron chi connectivity index (χ4n) is 3.14. The van der Waals surface area contributed by atoms with Crippen molar-refractivity contribution in [3.05, 3.63) is 54.6 Å². The van der Waals surface area contributed by atoms with E-state index in [2.05, 4.69) is 10.6 Å². The first kappa shape index (κ1) is 18.4. The van der Waals surface area contributed by atoms with Crippen LogP contribution < -0.4 is 10.6 Å². The normalized spacial score (nSPS) is 16.2. The van der Waals surface area contributed by atoms with Crippen LogP contribution in [0.4, 0.5) is 10.5 Å². The molecule has 1 heterocycles. The second kappa shape index (κ2) is 7.88. The van der Waals surface area contributed by atoms with E-state index in [9.17, 15) is 13.2 Å². The Morgan fingerprint density at radius 3 is 2.27 bits per heavy atom. The van der Waals surface area contributed by atoms with Crippen molar-refractivity contribution in [1.82, 2.24) is 9.62 Å². The SMILES string of the molecule is CS(=O)(=O)N1CCC(NC(=O)Nc2ccccc2-c2ccccc2)CC1. The molecule has 2 aromatic rings. The molecular weight excluding hydrogens is 350 g/mol. The molecule has 3 rings (SSSR count). The van der Waals surface area contributed by atoms with Crippen LogP contribution in [0, 0.1) is 0 Å². The minimum absolute atomic E-state index is 0.0307. The Balaban J connectivity index is 1.62. The topological polar surface area (TPSA) is 78.5 Å². The van der Waals surface area contributed by atoms with Crippen LogP contribution in [0.25, 0.3) is 11.1 Å². The maximum Gasteiger partial charge on any atom is 0.319 e. The zero-order valence-corrected chi connectivity index (χ0v) is 15.5. The van der Waals surface area contributed by atoms with E-state index in [1.54, 1.807) is 0 Å². The summed E-state index contributed by atoms with van der Waals surface area (Å²) in [4.78, 5) is 12.4. The number of carbonyl (C=O) groups is 1. The molecule has 2 amide bonds. The van der Waals surface area contributed by atoms with Gasteiger partial charge in [-0.05, 0) is 24.5 Å². The molecule has 1 fully saturated rings. The van der Waals surface area contributed by atoms with Gasteiger partial charge in [0.05, 0.1) is 11.9 Å². The van der Waals surface area contributed by atoms with Crippen molar-refractivity contribution < 1.29 is 13.2 Å². The highest BCUT2D eigenvalue weighted by Crippen LogP contribution is 2.27. The number of nitrogens with one attached hydrogen (secondary N) is 2. The molecule has 7 heteroatoms. The number of hydrogen-bond donors (Lipinski definition) is 2. The van der Waals surface area contributed by atoms with Crippen LogP contribution in [-0.4, -0.2) is 44.1 Å². The van der Waals surface area contributed by atoms with Gasteiger partial charge >= 0.3 is 6.03 Å². The molecule has 0 bridgehead atoms. The largest absolute Gasteiger partial charge is 0.335 e. The molecule has 26 heavy (non-hydrogen) atoms. The van der Waals surface area contributed by atoms with E-state index in [0.717, 1.165) is 16.8 Å². The van der Waals surface area contributed by atoms with E-state index < -0.39 is 10.0 Å². The quantitative estimate of drug-likeness (QED) is 0.865. The Morgan fingerprint density at radius 2 is 1.62 bits per heavy atom. The van der Waals surface area contributed by atoms with Crippen LogP contribution in [-0.2, 0) is 10.0 Å². The lowest BCUT2D eigenvalue weighted by atomic mass is 10.0. The molecule has 0 aromatic heterocycles. The monoisotopic (exact) mass is 373 g/mol. The number of rotatable bonds is 4. The van der Waals surface area contributed by atoms with E-state index in [-0.39, 0.29) is 12.1 Å². The van der Waals surface area contributed by atoms with Crippen LogP contribution in [0.3, 0.4) is 0 Å². The molecule has 0 spiro atoms. The number of carbonyl (C=O) groups excluding carboxylic acids is 1. The fourth-order valence-corrected chi connectivity index (χ4v) is 4.01. The standard InChI is InChI=1S/C19H23N3O3S/c1-26(24,25)22-13-11-16(12-14-22)20-19(23)21-18-10-6-5-9-17(18)15-7-3-2-4-8-15/h2-10,16H,11-14H2,1H3,(H2,20,21,23). The third kappa shape index (κ3) is 4.62. The molecule has 1 aliphatic heterocycles. The zero-order chi connectivity index (χ0) is 18.6. The number of anilines is 1. The van der Waals surface area contributed by atoms with E-state index in [4.69, 9.17) is 0 Å². The molecule has 0 atom stereocenters. The number of benzene rings is 2. The van der Waals surface area contributed by atoms with Gasteiger partial charge in [0.2, 0.25) is 10.0 Å². The van der Waals surface area contributed by atoms with Gasteiger partial charge in [-0.2, -0.15) is 0 Å². The molecule has 1 aliphatic rings. The third-order valence-electron chi connectivity index (χ3n) is 4.52. The summed E-state index contributed by atoms with van der Waals surface area (Å²) in [5, 5.41) is 5.86. The summed E-state index contributed by atoms with van der Waals surface area (Å²) in [7, 11) is -3.16. The Hall–Kier alpha value is -2.38. The summed E-state index contributed by atoms with van der Waals surface area (Å²) in [6.45, 7) is 0.870. The highest BCUT2D eigenvalue weighted by molar-refractivity contribution is 7.88. The number of amides is 2. The second-order valence-electron chi connectivity index (χ2n) is 6.45. The average Bonchev–Trinajstić information content (AvgIpc) is 2.62. The summed E-state index contributed by atoms with van der Waals surface area (Å²) in [6.07, 6.45) is 2.44. The molecule has 2 aromatic carbocycles. The molecule has 2 N–H and O–H groups in total. The van der Waals surface area contributed by atoms with Crippen LogP contribution in [0.15, 0.2) is 54.6 Å². The summed E-state index contributed by atoms with van der Waals surface area (Å²) < 4.78 is 24.6. The van der Waals surface area contributed by atoms with Crippen molar-refractivity contribution in [1.29, 1.82) is 0 Å². The van der Waals surface area contributed by atoms with Gasteiger partial charge in [-0.3, -0.25) is 0 Å². The highest BCUT2D eigenvalue weighted by Gasteiger charge is 2.25. The van der Waals surface area contributed by atoms with Crippen molar-refractivity contribution in [2.75, 3.05) is 24.7 Å². The van der Waals surface area contributed by atoms with Crippen molar-refractivity contribution in [3.63, 3.8) is 0 Å². The number of hydrogen-bond acceptors (Lipinski definition) is 3. The Labute approximate surface area is 154 Å². The molecule has 0 saturated carbocycles. The predicted octanol–water partition coefficient (Wildman–Crippen LogP) is 2.90. The molecular formula is C19H23N3O3S. The first-order chi connectivity index (χ1) is 12.4. The van der Waals surface area contributed by atoms with Crippen LogP contribution in [0.1, 0.15) is 12.8 Å². The van der Waals surface area contributed by atoms with Crippen molar-refractivity contribution >= 4 is 21.7 Å². The lowest BCUT2D eigenvalue weighted by molar-refractivity contribution is 0.238. The van der Waals surface area contributed by atoms with Gasteiger partial charge in [0, 0.05) is 24.7 Å². The van der Waals surface area contributed by atoms with Gasteiger partial charge in [0.15, 0.2) is 0 Å². The van der Waals surface area contributed by atoms with Crippen LogP contribution >= 0.6 is 0 Å². The van der Waals surface area contributed by atoms with Gasteiger partial charge in [0.1, 0.15) is 0 Å². The molecule has 138 valence electrons. The van der Waals surface area contributed by atoms with Gasteiger partial charge < -0.3 is 10.6 Å². The molecule has 0 aliphatic carbocycles. The average molecular weight is 373 g/mol. The van der Waals surface area contributed by atoms with Crippen LogP contribution in [0.5, 0.6) is 0 Å². The van der Waals surface area contributed by atoms with Gasteiger partial charge in [0.25, 0.3) is 0 Å². The predicted molar refractivity (Wildman–Crippen MR) is 103 cm³/mol. The fraction of sp³-hybridized carbons (Fsp3) is 0.316. The minimum Gasteiger partial charge on any atom is -0.335 e. The number of nitrogens with zero attached hydrogens (tertiary/aromatic N) is 1. The number of sulfonamides is 1. The second-order valence-corrected chi connectivity index (χ2v) is 8.43. The maximum atomic E-state index is 12.4. The van der Waals surface area contributed by atoms with Gasteiger partial charge in [-0.1, -0.05) is 48.5 Å². The Kier molecular flexibility index (Phi) is 5.58. The van der Waals surface area contributed by atoms with E-state index in [1.165, 1.54) is 10.6 Å². The molecule has 1 saturated heterocycles. The number of para-hydroxylation sites is 1. The summed E-state index contributed by atoms with van der Waals surface area (Å²) in [5.41, 5.74) is 2.73. The van der Waals surface area contributed by atoms with Crippen LogP contribution in [0.2, 0.25) is 0 Å². The van der Waals surface area contributed by atoms with E-state index in [1.807, 2.05) is 54.6 Å². The van der Waals surface area contributed by atoms with Gasteiger partial charge in [-0.25, -0.2) is 17.5 Å². The smallest absolute Gasteiger partial charge is 0.319 e. The van der Waals surface area contributed by atoms with E-state index in [0.29, 0.717) is 25.9 Å². The minimum atomic E-state index is -3.16. The first-order valence-corrected chi connectivity index (χ1v) is 10.5. The summed E-state index contributed by atoms with van der Waals surface area (Å²) in [6, 6.07) is 17.2. The van der Waals surface area contributed by atoms with Crippen molar-refractivity contribution in [2.45, 2.75) is 18.9 Å². The lowest BCUT2D eigenvalue weighted by Crippen LogP contribution is -2.47. The Morgan fingerprint density at radius 1 is 1.00 bits per heavy atom. The maximum absolute atomic E-state index is 12.4. The molecule has 6 nitrogen and oxygen atoms in total. The van der Waals surface area contributed by atoms with E-state index >= 15 is 0 Å². The summed E-state index contributed by atoms with van der Waals surface area (Å²) >= 11 is 0. The third-order valence-corrected chi connectivity index (χ3v) is 5.82. The number of piperidine rings is 1. The van der Waals surface area contributed by atoms with Crippen molar-refractivity contribution in [2.24, 2.45) is 0 Å². The Bertz CT molecular complexity index is 861. The van der Waals surface area contributed by atoms with Crippen molar-refractivity contribution in [3.8, 4) is 11.1 Å². The molecule has 0 unspecified atom stereocenters. The summed E-state index contributed by atoms with van der Waals surface area (Å²) in [5.74, 6) is 0. The zero-order valence-electron chi connectivity index (χ0n) is 14.7. The first-order valence-electron chi connectivity index (χ1n) is 8.60.